The maximum Gasteiger partial charge on any atom is 0.0510 e. The molecule has 20 heavy (non-hydrogen) atoms. The predicted octanol–water partition coefficient (Wildman–Crippen LogP) is 1.17. The second-order valence-electron chi connectivity index (χ2n) is 6.89. The molecule has 4 heteroatoms. The third-order valence-electron chi connectivity index (χ3n) is 5.69. The molecule has 2 bridgehead atoms. The minimum absolute atomic E-state index is 0.615. The zero-order valence-electron chi connectivity index (χ0n) is 13.2. The van der Waals surface area contributed by atoms with Crippen LogP contribution < -0.4 is 5.32 Å². The summed E-state index contributed by atoms with van der Waals surface area (Å²) < 4.78 is 5.60. The normalized spacial score (nSPS) is 37.2. The number of rotatable bonds is 5. The number of likely N-dealkylation sites (N-methyl/N-ethyl adjacent to an activating group) is 2. The number of hydrogen-bond acceptors (Lipinski definition) is 4. The van der Waals surface area contributed by atoms with Gasteiger partial charge in [0.25, 0.3) is 0 Å². The molecule has 0 aromatic heterocycles. The van der Waals surface area contributed by atoms with Gasteiger partial charge in [-0.1, -0.05) is 6.92 Å². The van der Waals surface area contributed by atoms with E-state index in [2.05, 4.69) is 29.1 Å². The lowest BCUT2D eigenvalue weighted by molar-refractivity contribution is 0.155. The molecule has 3 heterocycles. The molecule has 3 aliphatic rings. The lowest BCUT2D eigenvalue weighted by atomic mass is 9.97. The summed E-state index contributed by atoms with van der Waals surface area (Å²) in [6, 6.07) is 2.26. The summed E-state index contributed by atoms with van der Waals surface area (Å²) in [6.07, 6.45) is 5.41. The summed E-state index contributed by atoms with van der Waals surface area (Å²) in [6.45, 7) is 8.96. The summed E-state index contributed by atoms with van der Waals surface area (Å²) in [5, 5.41) is 3.71. The van der Waals surface area contributed by atoms with Gasteiger partial charge < -0.3 is 15.0 Å². The van der Waals surface area contributed by atoms with Gasteiger partial charge in [0, 0.05) is 43.7 Å². The average Bonchev–Trinajstić information content (AvgIpc) is 3.02. The van der Waals surface area contributed by atoms with E-state index in [1.807, 2.05) is 0 Å². The summed E-state index contributed by atoms with van der Waals surface area (Å²) in [5.74, 6) is 0.716. The minimum Gasteiger partial charge on any atom is -0.381 e. The Morgan fingerprint density at radius 3 is 2.80 bits per heavy atom. The van der Waals surface area contributed by atoms with Gasteiger partial charge in [-0.2, -0.15) is 0 Å². The van der Waals surface area contributed by atoms with E-state index in [1.165, 1.54) is 45.3 Å². The average molecular weight is 281 g/mol. The van der Waals surface area contributed by atoms with E-state index in [1.54, 1.807) is 0 Å². The number of nitrogens with one attached hydrogen (secondary N) is 1. The second-order valence-corrected chi connectivity index (χ2v) is 6.89. The first-order valence-corrected chi connectivity index (χ1v) is 8.53. The van der Waals surface area contributed by atoms with Gasteiger partial charge in [0.15, 0.2) is 0 Å². The highest BCUT2D eigenvalue weighted by Crippen LogP contribution is 2.29. The van der Waals surface area contributed by atoms with E-state index >= 15 is 0 Å². The largest absolute Gasteiger partial charge is 0.381 e. The van der Waals surface area contributed by atoms with Crippen LogP contribution in [0.4, 0.5) is 0 Å². The zero-order chi connectivity index (χ0) is 13.9. The molecule has 1 N–H and O–H groups in total. The van der Waals surface area contributed by atoms with Gasteiger partial charge in [0.2, 0.25) is 0 Å². The Morgan fingerprint density at radius 2 is 2.05 bits per heavy atom. The van der Waals surface area contributed by atoms with Crippen LogP contribution in [0.1, 0.15) is 32.6 Å². The molecule has 3 saturated heterocycles. The van der Waals surface area contributed by atoms with E-state index in [0.717, 1.165) is 31.8 Å². The van der Waals surface area contributed by atoms with Crippen molar-refractivity contribution in [2.75, 3.05) is 46.4 Å². The first kappa shape index (κ1) is 14.8. The SMILES string of the molecule is CCNC(CN1CCC2CCC(C1)N2C)C1CCOC1. The molecule has 3 rings (SSSR count). The summed E-state index contributed by atoms with van der Waals surface area (Å²) in [7, 11) is 2.33. The van der Waals surface area contributed by atoms with Crippen molar-refractivity contribution in [3.8, 4) is 0 Å². The van der Waals surface area contributed by atoms with Gasteiger partial charge in [-0.3, -0.25) is 4.90 Å². The van der Waals surface area contributed by atoms with Crippen molar-refractivity contribution in [2.45, 2.75) is 50.7 Å². The van der Waals surface area contributed by atoms with Crippen molar-refractivity contribution >= 4 is 0 Å². The van der Waals surface area contributed by atoms with Crippen molar-refractivity contribution in [2.24, 2.45) is 5.92 Å². The van der Waals surface area contributed by atoms with E-state index in [9.17, 15) is 0 Å². The molecule has 3 aliphatic heterocycles. The van der Waals surface area contributed by atoms with E-state index in [-0.39, 0.29) is 0 Å². The van der Waals surface area contributed by atoms with Crippen LogP contribution in [-0.2, 0) is 4.74 Å². The molecule has 4 nitrogen and oxygen atoms in total. The van der Waals surface area contributed by atoms with Crippen molar-refractivity contribution < 1.29 is 4.74 Å². The van der Waals surface area contributed by atoms with Crippen molar-refractivity contribution in [3.05, 3.63) is 0 Å². The van der Waals surface area contributed by atoms with Gasteiger partial charge >= 0.3 is 0 Å². The van der Waals surface area contributed by atoms with Gasteiger partial charge in [0.05, 0.1) is 6.61 Å². The van der Waals surface area contributed by atoms with Crippen LogP contribution in [0.3, 0.4) is 0 Å². The predicted molar refractivity (Wildman–Crippen MR) is 82.0 cm³/mol. The Labute approximate surface area is 123 Å². The molecule has 0 aliphatic carbocycles. The fourth-order valence-electron chi connectivity index (χ4n) is 4.34. The Kier molecular flexibility index (Phi) is 4.97. The van der Waals surface area contributed by atoms with Crippen LogP contribution in [-0.4, -0.2) is 74.4 Å². The zero-order valence-corrected chi connectivity index (χ0v) is 13.2. The molecule has 0 amide bonds. The monoisotopic (exact) mass is 281 g/mol. The molecule has 3 fully saturated rings. The second kappa shape index (κ2) is 6.73. The van der Waals surface area contributed by atoms with Gasteiger partial charge in [-0.25, -0.2) is 0 Å². The highest BCUT2D eigenvalue weighted by molar-refractivity contribution is 4.92. The molecular weight excluding hydrogens is 250 g/mol. The third-order valence-corrected chi connectivity index (χ3v) is 5.69. The van der Waals surface area contributed by atoms with Gasteiger partial charge in [0.1, 0.15) is 0 Å². The molecular formula is C16H31N3O. The van der Waals surface area contributed by atoms with Crippen LogP contribution >= 0.6 is 0 Å². The lowest BCUT2D eigenvalue weighted by Crippen LogP contribution is -2.48. The maximum atomic E-state index is 5.60. The number of fused-ring (bicyclic) bond motifs is 2. The molecule has 116 valence electrons. The summed E-state index contributed by atoms with van der Waals surface area (Å²) in [5.41, 5.74) is 0. The fourth-order valence-corrected chi connectivity index (χ4v) is 4.34. The van der Waals surface area contributed by atoms with Crippen LogP contribution in [0.5, 0.6) is 0 Å². The van der Waals surface area contributed by atoms with Crippen LogP contribution in [0, 0.1) is 5.92 Å². The van der Waals surface area contributed by atoms with Gasteiger partial charge in [-0.15, -0.1) is 0 Å². The van der Waals surface area contributed by atoms with Crippen molar-refractivity contribution in [3.63, 3.8) is 0 Å². The maximum absolute atomic E-state index is 5.60. The number of hydrogen-bond donors (Lipinski definition) is 1. The highest BCUT2D eigenvalue weighted by atomic mass is 16.5. The van der Waals surface area contributed by atoms with E-state index < -0.39 is 0 Å². The Morgan fingerprint density at radius 1 is 1.20 bits per heavy atom. The topological polar surface area (TPSA) is 27.7 Å². The van der Waals surface area contributed by atoms with Crippen LogP contribution in [0.15, 0.2) is 0 Å². The smallest absolute Gasteiger partial charge is 0.0510 e. The fraction of sp³-hybridized carbons (Fsp3) is 1.00. The van der Waals surface area contributed by atoms with Crippen LogP contribution in [0.25, 0.3) is 0 Å². The number of nitrogens with zero attached hydrogens (tertiary/aromatic N) is 2. The third kappa shape index (κ3) is 3.19. The molecule has 0 aromatic carbocycles. The van der Waals surface area contributed by atoms with Gasteiger partial charge in [-0.05, 0) is 45.8 Å². The Bertz CT molecular complexity index is 306. The molecule has 0 saturated carbocycles. The molecule has 4 unspecified atom stereocenters. The summed E-state index contributed by atoms with van der Waals surface area (Å²) >= 11 is 0. The number of ether oxygens (including phenoxy) is 1. The van der Waals surface area contributed by atoms with Crippen LogP contribution in [0.2, 0.25) is 0 Å². The highest BCUT2D eigenvalue weighted by Gasteiger charge is 2.36. The standard InChI is InChI=1S/C16H31N3O/c1-3-17-16(13-7-9-20-12-13)11-19-8-6-14-4-5-15(10-19)18(14)2/h13-17H,3-12H2,1-2H3. The first-order chi connectivity index (χ1) is 9.78. The Balaban J connectivity index is 1.57. The molecule has 4 atom stereocenters. The van der Waals surface area contributed by atoms with E-state index in [0.29, 0.717) is 12.0 Å². The van der Waals surface area contributed by atoms with Crippen molar-refractivity contribution in [1.29, 1.82) is 0 Å². The molecule has 0 spiro atoms. The molecule has 0 aromatic rings. The first-order valence-electron chi connectivity index (χ1n) is 8.53. The quantitative estimate of drug-likeness (QED) is 0.819. The minimum atomic E-state index is 0.615. The Hall–Kier alpha value is -0.160. The lowest BCUT2D eigenvalue weighted by Gasteiger charge is -2.32. The van der Waals surface area contributed by atoms with E-state index in [4.69, 9.17) is 4.74 Å². The summed E-state index contributed by atoms with van der Waals surface area (Å²) in [4.78, 5) is 5.35. The molecule has 0 radical (unpaired) electrons. The van der Waals surface area contributed by atoms with Crippen molar-refractivity contribution in [1.82, 2.24) is 15.1 Å². The number of likely N-dealkylation sites (tertiary alicyclic amines) is 1.